The molecule has 1 aromatic heterocycles. The highest BCUT2D eigenvalue weighted by Crippen LogP contribution is 2.24. The molecule has 0 aromatic carbocycles. The Morgan fingerprint density at radius 1 is 1.47 bits per heavy atom. The van der Waals surface area contributed by atoms with Crippen molar-refractivity contribution in [1.82, 2.24) is 9.88 Å². The number of fused-ring (bicyclic) bond motifs is 1. The first-order valence-electron chi connectivity index (χ1n) is 6.12. The van der Waals surface area contributed by atoms with E-state index in [1.807, 2.05) is 24.5 Å². The van der Waals surface area contributed by atoms with E-state index < -0.39 is 0 Å². The number of aromatic nitrogens is 1. The minimum Gasteiger partial charge on any atom is -0.355 e. The Bertz CT molecular complexity index is 460. The van der Waals surface area contributed by atoms with Crippen molar-refractivity contribution in [3.8, 4) is 0 Å². The lowest BCUT2D eigenvalue weighted by molar-refractivity contribution is -0.121. The molecule has 0 atom stereocenters. The molecule has 0 aliphatic heterocycles. The largest absolute Gasteiger partial charge is 0.355 e. The third-order valence-electron chi connectivity index (χ3n) is 3.21. The molecule has 0 radical (unpaired) electrons. The van der Waals surface area contributed by atoms with Crippen LogP contribution in [0.15, 0.2) is 6.07 Å². The van der Waals surface area contributed by atoms with Crippen molar-refractivity contribution in [3.63, 3.8) is 0 Å². The van der Waals surface area contributed by atoms with E-state index in [1.54, 1.807) is 0 Å². The van der Waals surface area contributed by atoms with E-state index in [1.165, 1.54) is 0 Å². The molecule has 1 heterocycles. The van der Waals surface area contributed by atoms with Gasteiger partial charge in [-0.05, 0) is 32.8 Å². The zero-order valence-corrected chi connectivity index (χ0v) is 10.4. The van der Waals surface area contributed by atoms with Crippen LogP contribution in [0.4, 0.5) is 0 Å². The van der Waals surface area contributed by atoms with E-state index in [-0.39, 0.29) is 11.7 Å². The molecule has 0 spiro atoms. The second-order valence-corrected chi connectivity index (χ2v) is 4.46. The number of carbonyl (C=O) groups excluding carboxylic acids is 2. The summed E-state index contributed by atoms with van der Waals surface area (Å²) in [7, 11) is 0. The van der Waals surface area contributed by atoms with Crippen LogP contribution < -0.4 is 5.32 Å². The molecule has 4 heteroatoms. The highest BCUT2D eigenvalue weighted by atomic mass is 16.2. The number of hydrogen-bond acceptors (Lipinski definition) is 2. The summed E-state index contributed by atoms with van der Waals surface area (Å²) in [4.78, 5) is 23.4. The quantitative estimate of drug-likeness (QED) is 0.860. The van der Waals surface area contributed by atoms with Gasteiger partial charge in [-0.2, -0.15) is 0 Å². The molecular weight excluding hydrogens is 216 g/mol. The van der Waals surface area contributed by atoms with E-state index in [0.29, 0.717) is 19.5 Å². The number of hydrogen-bond donors (Lipinski definition) is 1. The van der Waals surface area contributed by atoms with Gasteiger partial charge in [-0.25, -0.2) is 0 Å². The van der Waals surface area contributed by atoms with Gasteiger partial charge in [0.2, 0.25) is 5.91 Å². The summed E-state index contributed by atoms with van der Waals surface area (Å²) in [5.41, 5.74) is 2.85. The van der Waals surface area contributed by atoms with Crippen molar-refractivity contribution in [1.29, 1.82) is 0 Å². The van der Waals surface area contributed by atoms with Crippen LogP contribution in [0.25, 0.3) is 0 Å². The van der Waals surface area contributed by atoms with E-state index in [0.717, 1.165) is 29.8 Å². The van der Waals surface area contributed by atoms with Gasteiger partial charge in [0.15, 0.2) is 5.78 Å². The van der Waals surface area contributed by atoms with Gasteiger partial charge in [-0.1, -0.05) is 0 Å². The summed E-state index contributed by atoms with van der Waals surface area (Å²) < 4.78 is 1.97. The van der Waals surface area contributed by atoms with Crippen molar-refractivity contribution in [3.05, 3.63) is 23.0 Å². The smallest absolute Gasteiger partial charge is 0.239 e. The van der Waals surface area contributed by atoms with Gasteiger partial charge in [0.1, 0.15) is 6.54 Å². The van der Waals surface area contributed by atoms with E-state index in [2.05, 4.69) is 5.32 Å². The molecule has 1 N–H and O–H groups in total. The van der Waals surface area contributed by atoms with E-state index >= 15 is 0 Å². The van der Waals surface area contributed by atoms with Gasteiger partial charge in [0, 0.05) is 29.9 Å². The molecule has 2 rings (SSSR count). The fourth-order valence-corrected chi connectivity index (χ4v) is 2.41. The molecule has 1 aliphatic carbocycles. The first-order chi connectivity index (χ1) is 8.13. The summed E-state index contributed by atoms with van der Waals surface area (Å²) in [6, 6.07) is 1.91. The standard InChI is InChI=1S/C13H18N2O2/c1-3-14-13(17)8-15-9(2)7-10-11(15)5-4-6-12(10)16/h7H,3-6,8H2,1-2H3,(H,14,17). The van der Waals surface area contributed by atoms with Crippen LogP contribution in [-0.2, 0) is 17.8 Å². The normalized spacial score (nSPS) is 14.6. The topological polar surface area (TPSA) is 51.1 Å². The number of likely N-dealkylation sites (N-methyl/N-ethyl adjacent to an activating group) is 1. The fraction of sp³-hybridized carbons (Fsp3) is 0.538. The van der Waals surface area contributed by atoms with Crippen molar-refractivity contribution >= 4 is 11.7 Å². The number of nitrogens with one attached hydrogen (secondary N) is 1. The number of amides is 1. The molecule has 4 nitrogen and oxygen atoms in total. The van der Waals surface area contributed by atoms with Gasteiger partial charge in [0.25, 0.3) is 0 Å². The lowest BCUT2D eigenvalue weighted by atomic mass is 9.97. The average molecular weight is 234 g/mol. The Labute approximate surface area is 101 Å². The molecule has 1 aliphatic rings. The maximum absolute atomic E-state index is 11.7. The van der Waals surface area contributed by atoms with Crippen molar-refractivity contribution in [2.75, 3.05) is 6.54 Å². The van der Waals surface area contributed by atoms with Crippen molar-refractivity contribution in [2.45, 2.75) is 39.7 Å². The molecule has 0 saturated heterocycles. The van der Waals surface area contributed by atoms with Crippen LogP contribution in [0.5, 0.6) is 0 Å². The van der Waals surface area contributed by atoms with Crippen LogP contribution in [0.2, 0.25) is 0 Å². The lowest BCUT2D eigenvalue weighted by Crippen LogP contribution is -2.28. The van der Waals surface area contributed by atoms with Gasteiger partial charge >= 0.3 is 0 Å². The van der Waals surface area contributed by atoms with Crippen molar-refractivity contribution in [2.24, 2.45) is 0 Å². The first-order valence-corrected chi connectivity index (χ1v) is 6.12. The number of nitrogens with zero attached hydrogens (tertiary/aromatic N) is 1. The van der Waals surface area contributed by atoms with E-state index in [4.69, 9.17) is 0 Å². The summed E-state index contributed by atoms with van der Waals surface area (Å²) in [5, 5.41) is 2.78. The molecule has 17 heavy (non-hydrogen) atoms. The van der Waals surface area contributed by atoms with Gasteiger partial charge < -0.3 is 9.88 Å². The van der Waals surface area contributed by atoms with Crippen molar-refractivity contribution < 1.29 is 9.59 Å². The molecule has 0 bridgehead atoms. The summed E-state index contributed by atoms with van der Waals surface area (Å²) >= 11 is 0. The molecule has 92 valence electrons. The van der Waals surface area contributed by atoms with Crippen LogP contribution >= 0.6 is 0 Å². The summed E-state index contributed by atoms with van der Waals surface area (Å²) in [5.74, 6) is 0.219. The van der Waals surface area contributed by atoms with Gasteiger partial charge in [-0.15, -0.1) is 0 Å². The zero-order valence-electron chi connectivity index (χ0n) is 10.4. The van der Waals surface area contributed by atoms with E-state index in [9.17, 15) is 9.59 Å². The minimum atomic E-state index is 0.00650. The number of carbonyl (C=O) groups is 2. The Morgan fingerprint density at radius 3 is 2.94 bits per heavy atom. The van der Waals surface area contributed by atoms with Gasteiger partial charge in [0.05, 0.1) is 0 Å². The zero-order chi connectivity index (χ0) is 12.4. The highest BCUT2D eigenvalue weighted by molar-refractivity contribution is 5.98. The Kier molecular flexibility index (Phi) is 3.31. The first kappa shape index (κ1) is 11.9. The average Bonchev–Trinajstić information content (AvgIpc) is 2.58. The van der Waals surface area contributed by atoms with Gasteiger partial charge in [-0.3, -0.25) is 9.59 Å². The second-order valence-electron chi connectivity index (χ2n) is 4.46. The molecule has 0 fully saturated rings. The molecule has 1 aromatic rings. The Balaban J connectivity index is 2.28. The monoisotopic (exact) mass is 234 g/mol. The second kappa shape index (κ2) is 4.73. The molecule has 0 saturated carbocycles. The lowest BCUT2D eigenvalue weighted by Gasteiger charge is -2.15. The molecule has 0 unspecified atom stereocenters. The Morgan fingerprint density at radius 2 is 2.24 bits per heavy atom. The van der Waals surface area contributed by atoms with Crippen LogP contribution in [-0.4, -0.2) is 22.8 Å². The summed E-state index contributed by atoms with van der Waals surface area (Å²) in [6.45, 7) is 4.81. The molecular formula is C13H18N2O2. The molecule has 1 amide bonds. The minimum absolute atomic E-state index is 0.00650. The third kappa shape index (κ3) is 2.25. The third-order valence-corrected chi connectivity index (χ3v) is 3.21. The highest BCUT2D eigenvalue weighted by Gasteiger charge is 2.23. The SMILES string of the molecule is CCNC(=O)Cn1c(C)cc2c1CCCC2=O. The predicted molar refractivity (Wildman–Crippen MR) is 65.1 cm³/mol. The maximum atomic E-state index is 11.7. The number of rotatable bonds is 3. The number of ketones is 1. The fourth-order valence-electron chi connectivity index (χ4n) is 2.41. The summed E-state index contributed by atoms with van der Waals surface area (Å²) in [6.07, 6.45) is 2.43. The van der Waals surface area contributed by atoms with Crippen LogP contribution in [0.1, 0.15) is 41.5 Å². The maximum Gasteiger partial charge on any atom is 0.239 e. The number of Topliss-reactive ketones (excluding diaryl/α,β-unsaturated/α-hetero) is 1. The van der Waals surface area contributed by atoms with Crippen LogP contribution in [0.3, 0.4) is 0 Å². The number of aryl methyl sites for hydroxylation is 1. The van der Waals surface area contributed by atoms with Crippen LogP contribution in [0, 0.1) is 6.92 Å². The Hall–Kier alpha value is -1.58. The predicted octanol–water partition coefficient (Wildman–Crippen LogP) is 1.45.